The maximum Gasteiger partial charge on any atom is 0.0956 e. The zero-order valence-corrected chi connectivity index (χ0v) is 6.94. The van der Waals surface area contributed by atoms with Gasteiger partial charge >= 0.3 is 0 Å². The molecule has 0 aromatic heterocycles. The standard InChI is InChI=1S/C5H10O3S2/c6-1-4-5(8)3(7)2-9-10-4/h3-8H,1-2H2/t3-,4+,5-/m0/s1. The molecule has 0 saturated carbocycles. The van der Waals surface area contributed by atoms with Crippen LogP contribution in [0.4, 0.5) is 0 Å². The van der Waals surface area contributed by atoms with E-state index in [4.69, 9.17) is 10.2 Å². The van der Waals surface area contributed by atoms with Crippen molar-refractivity contribution < 1.29 is 15.3 Å². The van der Waals surface area contributed by atoms with E-state index in [0.29, 0.717) is 5.75 Å². The molecule has 0 aromatic rings. The summed E-state index contributed by atoms with van der Waals surface area (Å²) in [7, 11) is 2.92. The van der Waals surface area contributed by atoms with E-state index in [1.165, 1.54) is 21.6 Å². The molecule has 1 saturated heterocycles. The summed E-state index contributed by atoms with van der Waals surface area (Å²) in [6.45, 7) is -0.0735. The predicted octanol–water partition coefficient (Wildman–Crippen LogP) is -0.536. The predicted molar refractivity (Wildman–Crippen MR) is 42.9 cm³/mol. The number of hydrogen-bond donors (Lipinski definition) is 3. The molecule has 1 heterocycles. The Morgan fingerprint density at radius 3 is 2.60 bits per heavy atom. The van der Waals surface area contributed by atoms with E-state index < -0.39 is 12.2 Å². The number of rotatable bonds is 1. The molecule has 0 aliphatic carbocycles. The molecular weight excluding hydrogens is 172 g/mol. The van der Waals surface area contributed by atoms with Crippen LogP contribution in [0.1, 0.15) is 0 Å². The molecule has 3 nitrogen and oxygen atoms in total. The summed E-state index contributed by atoms with van der Waals surface area (Å²) in [5.74, 6) is 0.544. The maximum atomic E-state index is 9.19. The van der Waals surface area contributed by atoms with Crippen LogP contribution in [0.2, 0.25) is 0 Å². The van der Waals surface area contributed by atoms with Gasteiger partial charge in [0.05, 0.1) is 24.1 Å². The van der Waals surface area contributed by atoms with E-state index in [9.17, 15) is 5.11 Å². The monoisotopic (exact) mass is 182 g/mol. The van der Waals surface area contributed by atoms with Crippen LogP contribution in [0.5, 0.6) is 0 Å². The molecule has 3 N–H and O–H groups in total. The minimum absolute atomic E-state index is 0.0735. The van der Waals surface area contributed by atoms with E-state index in [0.717, 1.165) is 0 Å². The van der Waals surface area contributed by atoms with Gasteiger partial charge < -0.3 is 15.3 Å². The molecule has 0 radical (unpaired) electrons. The zero-order valence-electron chi connectivity index (χ0n) is 5.30. The van der Waals surface area contributed by atoms with Gasteiger partial charge in [0.1, 0.15) is 0 Å². The van der Waals surface area contributed by atoms with Gasteiger partial charge in [-0.3, -0.25) is 0 Å². The van der Waals surface area contributed by atoms with Gasteiger partial charge in [0.2, 0.25) is 0 Å². The fourth-order valence-corrected chi connectivity index (χ4v) is 3.39. The van der Waals surface area contributed by atoms with Crippen LogP contribution in [-0.4, -0.2) is 45.1 Å². The molecule has 5 heteroatoms. The van der Waals surface area contributed by atoms with Crippen molar-refractivity contribution in [3.05, 3.63) is 0 Å². The van der Waals surface area contributed by atoms with Crippen molar-refractivity contribution in [3.8, 4) is 0 Å². The van der Waals surface area contributed by atoms with Crippen molar-refractivity contribution in [1.82, 2.24) is 0 Å². The molecule has 0 amide bonds. The summed E-state index contributed by atoms with van der Waals surface area (Å²) < 4.78 is 0. The third-order valence-electron chi connectivity index (χ3n) is 1.39. The van der Waals surface area contributed by atoms with E-state index >= 15 is 0 Å². The molecule has 1 aliphatic rings. The summed E-state index contributed by atoms with van der Waals surface area (Å²) >= 11 is 0. The summed E-state index contributed by atoms with van der Waals surface area (Å²) in [5, 5.41) is 26.7. The summed E-state index contributed by atoms with van der Waals surface area (Å²) in [4.78, 5) is 0. The summed E-state index contributed by atoms with van der Waals surface area (Å²) in [6.07, 6.45) is -1.44. The van der Waals surface area contributed by atoms with Gasteiger partial charge in [0, 0.05) is 5.75 Å². The fourth-order valence-electron chi connectivity index (χ4n) is 0.738. The summed E-state index contributed by atoms with van der Waals surface area (Å²) in [6, 6.07) is 0. The van der Waals surface area contributed by atoms with Crippen LogP contribution in [0.3, 0.4) is 0 Å². The van der Waals surface area contributed by atoms with Gasteiger partial charge in [-0.25, -0.2) is 0 Å². The Morgan fingerprint density at radius 1 is 1.40 bits per heavy atom. The second-order valence-corrected chi connectivity index (χ2v) is 4.81. The van der Waals surface area contributed by atoms with Gasteiger partial charge in [-0.05, 0) is 0 Å². The van der Waals surface area contributed by atoms with Crippen LogP contribution >= 0.6 is 21.6 Å². The lowest BCUT2D eigenvalue weighted by Crippen LogP contribution is -2.41. The second-order valence-electron chi connectivity index (χ2n) is 2.16. The van der Waals surface area contributed by atoms with Crippen LogP contribution in [0.15, 0.2) is 0 Å². The van der Waals surface area contributed by atoms with Crippen LogP contribution in [0.25, 0.3) is 0 Å². The van der Waals surface area contributed by atoms with Crippen LogP contribution in [0, 0.1) is 0 Å². The first-order valence-corrected chi connectivity index (χ1v) is 5.39. The normalized spacial score (nSPS) is 41.7. The Hall–Kier alpha value is 0.580. The van der Waals surface area contributed by atoms with Crippen molar-refractivity contribution in [2.45, 2.75) is 17.5 Å². The highest BCUT2D eigenvalue weighted by Gasteiger charge is 2.30. The lowest BCUT2D eigenvalue weighted by molar-refractivity contribution is 0.0227. The highest BCUT2D eigenvalue weighted by molar-refractivity contribution is 8.77. The van der Waals surface area contributed by atoms with Gasteiger partial charge in [0.25, 0.3) is 0 Å². The molecule has 1 fully saturated rings. The van der Waals surface area contributed by atoms with Crippen molar-refractivity contribution >= 4 is 21.6 Å². The summed E-state index contributed by atoms with van der Waals surface area (Å²) in [5.41, 5.74) is 0. The first-order chi connectivity index (χ1) is 4.75. The van der Waals surface area contributed by atoms with E-state index in [-0.39, 0.29) is 11.9 Å². The molecule has 10 heavy (non-hydrogen) atoms. The minimum Gasteiger partial charge on any atom is -0.395 e. The molecule has 0 unspecified atom stereocenters. The Kier molecular flexibility index (Phi) is 3.32. The number of hydrogen-bond acceptors (Lipinski definition) is 5. The van der Waals surface area contributed by atoms with Crippen molar-refractivity contribution in [3.63, 3.8) is 0 Å². The van der Waals surface area contributed by atoms with Gasteiger partial charge in [-0.15, -0.1) is 0 Å². The smallest absolute Gasteiger partial charge is 0.0956 e. The molecule has 0 aromatic carbocycles. The lowest BCUT2D eigenvalue weighted by atomic mass is 10.1. The first kappa shape index (κ1) is 8.67. The number of aliphatic hydroxyl groups excluding tert-OH is 3. The van der Waals surface area contributed by atoms with Crippen molar-refractivity contribution in [2.24, 2.45) is 0 Å². The van der Waals surface area contributed by atoms with E-state index in [2.05, 4.69) is 0 Å². The molecule has 0 spiro atoms. The molecule has 0 bridgehead atoms. The SMILES string of the molecule is OC[C@H]1SSC[C@H](O)[C@@H]1O. The molecule has 1 rings (SSSR count). The maximum absolute atomic E-state index is 9.19. The second kappa shape index (κ2) is 3.82. The molecule has 1 aliphatic heterocycles. The van der Waals surface area contributed by atoms with Crippen molar-refractivity contribution in [1.29, 1.82) is 0 Å². The molecule has 60 valence electrons. The van der Waals surface area contributed by atoms with E-state index in [1.54, 1.807) is 0 Å². The third-order valence-corrected chi connectivity index (χ3v) is 4.23. The molecule has 3 atom stereocenters. The average molecular weight is 182 g/mol. The van der Waals surface area contributed by atoms with Crippen molar-refractivity contribution in [2.75, 3.05) is 12.4 Å². The Bertz CT molecular complexity index is 111. The first-order valence-electron chi connectivity index (χ1n) is 3.01. The quantitative estimate of drug-likeness (QED) is 0.476. The van der Waals surface area contributed by atoms with Gasteiger partial charge in [-0.1, -0.05) is 21.6 Å². The Morgan fingerprint density at radius 2 is 2.10 bits per heavy atom. The minimum atomic E-state index is -0.767. The third kappa shape index (κ3) is 1.79. The largest absolute Gasteiger partial charge is 0.395 e. The Balaban J connectivity index is 2.42. The topological polar surface area (TPSA) is 60.7 Å². The Labute approximate surface area is 67.2 Å². The van der Waals surface area contributed by atoms with Gasteiger partial charge in [-0.2, -0.15) is 0 Å². The van der Waals surface area contributed by atoms with E-state index in [1.807, 2.05) is 0 Å². The number of aliphatic hydroxyl groups is 3. The van der Waals surface area contributed by atoms with Gasteiger partial charge in [0.15, 0.2) is 0 Å². The lowest BCUT2D eigenvalue weighted by Gasteiger charge is -2.28. The fraction of sp³-hybridized carbons (Fsp3) is 1.00. The zero-order chi connectivity index (χ0) is 7.56. The van der Waals surface area contributed by atoms with Crippen LogP contribution < -0.4 is 0 Å². The highest BCUT2D eigenvalue weighted by atomic mass is 33.1. The van der Waals surface area contributed by atoms with Crippen LogP contribution in [-0.2, 0) is 0 Å². The molecular formula is C5H10O3S2. The average Bonchev–Trinajstić information content (AvgIpc) is 1.95. The highest BCUT2D eigenvalue weighted by Crippen LogP contribution is 2.35.